The highest BCUT2D eigenvalue weighted by Crippen LogP contribution is 2.38. The lowest BCUT2D eigenvalue weighted by Gasteiger charge is -2.13. The molecular weight excluding hydrogens is 391 g/mol. The largest absolute Gasteiger partial charge is 0.416 e. The molecule has 0 aliphatic heterocycles. The number of aromatic amines is 1. The van der Waals surface area contributed by atoms with Gasteiger partial charge in [-0.3, -0.25) is 4.72 Å². The first-order chi connectivity index (χ1) is 12.1. The van der Waals surface area contributed by atoms with Gasteiger partial charge in [0.1, 0.15) is 0 Å². The number of fused-ring (bicyclic) bond motifs is 1. The van der Waals surface area contributed by atoms with Crippen molar-refractivity contribution in [1.82, 2.24) is 4.98 Å². The molecule has 0 fully saturated rings. The molecule has 3 aromatic rings. The topological polar surface area (TPSA) is 85.8 Å². The van der Waals surface area contributed by atoms with Gasteiger partial charge in [0.2, 0.25) is 0 Å². The van der Waals surface area contributed by atoms with Crippen LogP contribution in [0.4, 0.5) is 18.9 Å². The third-order valence-electron chi connectivity index (χ3n) is 3.58. The van der Waals surface area contributed by atoms with E-state index >= 15 is 0 Å². The molecule has 0 saturated heterocycles. The van der Waals surface area contributed by atoms with Gasteiger partial charge in [-0.15, -0.1) is 0 Å². The van der Waals surface area contributed by atoms with E-state index < -0.39 is 21.8 Å². The summed E-state index contributed by atoms with van der Waals surface area (Å²) in [6.07, 6.45) is -3.42. The minimum atomic E-state index is -4.68. The van der Waals surface area contributed by atoms with Crippen LogP contribution in [-0.2, 0) is 16.2 Å². The number of alkyl halides is 3. The molecule has 0 aliphatic rings. The molecule has 0 saturated carbocycles. The second kappa shape index (κ2) is 6.23. The summed E-state index contributed by atoms with van der Waals surface area (Å²) in [6, 6.07) is 8.44. The summed E-state index contributed by atoms with van der Waals surface area (Å²) in [4.78, 5) is 2.40. The molecule has 1 aromatic heterocycles. The van der Waals surface area contributed by atoms with Crippen LogP contribution in [0.5, 0.6) is 0 Å². The second-order valence-corrected chi connectivity index (χ2v) is 7.42. The normalized spacial score (nSPS) is 12.1. The number of rotatable bonds is 3. The first-order valence-corrected chi connectivity index (χ1v) is 8.89. The molecule has 0 radical (unpaired) electrons. The smallest absolute Gasteiger partial charge is 0.358 e. The summed E-state index contributed by atoms with van der Waals surface area (Å²) in [5.74, 6) is 0. The van der Waals surface area contributed by atoms with Crippen LogP contribution in [0, 0.1) is 11.3 Å². The fourth-order valence-corrected chi connectivity index (χ4v) is 3.69. The Bertz CT molecular complexity index is 1150. The average Bonchev–Trinajstić information content (AvgIpc) is 2.95. The Morgan fingerprint density at radius 1 is 1.19 bits per heavy atom. The van der Waals surface area contributed by atoms with Crippen molar-refractivity contribution in [2.75, 3.05) is 4.72 Å². The first-order valence-electron chi connectivity index (χ1n) is 7.02. The van der Waals surface area contributed by atoms with Gasteiger partial charge < -0.3 is 4.98 Å². The molecular formula is C16H9ClF3N3O2S. The predicted octanol–water partition coefficient (Wildman–Crippen LogP) is 4.51. The highest BCUT2D eigenvalue weighted by molar-refractivity contribution is 7.92. The summed E-state index contributed by atoms with van der Waals surface area (Å²) in [5.41, 5.74) is -1.13. The molecule has 10 heteroatoms. The highest BCUT2D eigenvalue weighted by Gasteiger charge is 2.32. The average molecular weight is 400 g/mol. The summed E-state index contributed by atoms with van der Waals surface area (Å²) >= 11 is 5.88. The van der Waals surface area contributed by atoms with Crippen molar-refractivity contribution in [3.63, 3.8) is 0 Å². The third kappa shape index (κ3) is 3.34. The highest BCUT2D eigenvalue weighted by atomic mass is 35.5. The molecule has 2 aromatic carbocycles. The number of nitrogens with zero attached hydrogens (tertiary/aromatic N) is 1. The van der Waals surface area contributed by atoms with E-state index in [0.29, 0.717) is 6.07 Å². The predicted molar refractivity (Wildman–Crippen MR) is 90.3 cm³/mol. The lowest BCUT2D eigenvalue weighted by atomic mass is 10.1. The maximum atomic E-state index is 13.1. The molecule has 26 heavy (non-hydrogen) atoms. The molecule has 0 atom stereocenters. The summed E-state index contributed by atoms with van der Waals surface area (Å²) in [6.45, 7) is 0. The zero-order valence-electron chi connectivity index (χ0n) is 12.7. The van der Waals surface area contributed by atoms with E-state index in [1.54, 1.807) is 6.07 Å². The van der Waals surface area contributed by atoms with Gasteiger partial charge in [0.25, 0.3) is 10.0 Å². The van der Waals surface area contributed by atoms with E-state index in [1.165, 1.54) is 24.4 Å². The molecule has 3 rings (SSSR count). The molecule has 0 bridgehead atoms. The molecule has 5 nitrogen and oxygen atoms in total. The Morgan fingerprint density at radius 2 is 1.92 bits per heavy atom. The van der Waals surface area contributed by atoms with Crippen LogP contribution in [-0.4, -0.2) is 13.4 Å². The van der Waals surface area contributed by atoms with E-state index in [2.05, 4.69) is 9.71 Å². The molecule has 0 unspecified atom stereocenters. The van der Waals surface area contributed by atoms with Crippen molar-refractivity contribution in [2.45, 2.75) is 11.1 Å². The maximum absolute atomic E-state index is 13.1. The Labute approximate surface area is 151 Å². The number of nitrogens with one attached hydrogen (secondary N) is 2. The van der Waals surface area contributed by atoms with Crippen molar-refractivity contribution >= 4 is 38.2 Å². The number of hydrogen-bond donors (Lipinski definition) is 2. The van der Waals surface area contributed by atoms with E-state index in [1.807, 2.05) is 0 Å². The van der Waals surface area contributed by atoms with E-state index in [9.17, 15) is 21.6 Å². The van der Waals surface area contributed by atoms with Gasteiger partial charge >= 0.3 is 6.18 Å². The standard InChI is InChI=1S/C16H9ClF3N3O2S/c17-13-8-22-15-12(13)5-10(16(18,19)20)6-14(15)23-26(24,25)11-3-1-2-9(4-11)7-21/h1-6,8,22-23H. The quantitative estimate of drug-likeness (QED) is 0.679. The molecule has 0 spiro atoms. The molecule has 2 N–H and O–H groups in total. The van der Waals surface area contributed by atoms with Crippen molar-refractivity contribution in [1.29, 1.82) is 5.26 Å². The minimum Gasteiger partial charge on any atom is -0.358 e. The first kappa shape index (κ1) is 18.1. The van der Waals surface area contributed by atoms with Crippen molar-refractivity contribution < 1.29 is 21.6 Å². The third-order valence-corrected chi connectivity index (χ3v) is 5.26. The van der Waals surface area contributed by atoms with Gasteiger partial charge in [-0.05, 0) is 30.3 Å². The Morgan fingerprint density at radius 3 is 2.58 bits per heavy atom. The second-order valence-electron chi connectivity index (χ2n) is 5.33. The van der Waals surface area contributed by atoms with E-state index in [-0.39, 0.29) is 32.1 Å². The monoisotopic (exact) mass is 399 g/mol. The SMILES string of the molecule is N#Cc1cccc(S(=O)(=O)Nc2cc(C(F)(F)F)cc3c(Cl)c[nH]c23)c1. The van der Waals surface area contributed by atoms with E-state index in [0.717, 1.165) is 12.1 Å². The lowest BCUT2D eigenvalue weighted by Crippen LogP contribution is -2.14. The number of halogens is 4. The van der Waals surface area contributed by atoms with Crippen LogP contribution in [0.15, 0.2) is 47.5 Å². The summed E-state index contributed by atoms with van der Waals surface area (Å²) < 4.78 is 66.6. The van der Waals surface area contributed by atoms with Gasteiger partial charge in [-0.1, -0.05) is 17.7 Å². The van der Waals surface area contributed by atoms with Crippen LogP contribution in [0.2, 0.25) is 5.02 Å². The Hall–Kier alpha value is -2.70. The fourth-order valence-electron chi connectivity index (χ4n) is 2.38. The van der Waals surface area contributed by atoms with Gasteiger partial charge in [0.05, 0.1) is 38.3 Å². The number of nitriles is 1. The minimum absolute atomic E-state index is 0.0259. The molecule has 134 valence electrons. The van der Waals surface area contributed by atoms with Gasteiger partial charge in [-0.25, -0.2) is 8.42 Å². The Balaban J connectivity index is 2.14. The van der Waals surface area contributed by atoms with Gasteiger partial charge in [0.15, 0.2) is 0 Å². The van der Waals surface area contributed by atoms with Gasteiger partial charge in [-0.2, -0.15) is 18.4 Å². The number of H-pyrrole nitrogens is 1. The summed E-state index contributed by atoms with van der Waals surface area (Å²) in [7, 11) is -4.22. The van der Waals surface area contributed by atoms with Crippen LogP contribution in [0.3, 0.4) is 0 Å². The summed E-state index contributed by atoms with van der Waals surface area (Å²) in [5, 5.41) is 8.94. The van der Waals surface area contributed by atoms with Crippen molar-refractivity contribution in [3.8, 4) is 6.07 Å². The van der Waals surface area contributed by atoms with Crippen molar-refractivity contribution in [2.24, 2.45) is 0 Å². The zero-order valence-corrected chi connectivity index (χ0v) is 14.3. The van der Waals surface area contributed by atoms with Gasteiger partial charge in [0, 0.05) is 11.6 Å². The fraction of sp³-hybridized carbons (Fsp3) is 0.0625. The van der Waals surface area contributed by atoms with Crippen LogP contribution in [0.25, 0.3) is 10.9 Å². The number of anilines is 1. The number of hydrogen-bond acceptors (Lipinski definition) is 3. The van der Waals surface area contributed by atoms with E-state index in [4.69, 9.17) is 16.9 Å². The Kier molecular flexibility index (Phi) is 4.34. The van der Waals surface area contributed by atoms with Crippen LogP contribution in [0.1, 0.15) is 11.1 Å². The van der Waals surface area contributed by atoms with Crippen molar-refractivity contribution in [3.05, 3.63) is 58.7 Å². The lowest BCUT2D eigenvalue weighted by molar-refractivity contribution is -0.137. The zero-order chi connectivity index (χ0) is 19.1. The molecule has 0 amide bonds. The number of benzene rings is 2. The maximum Gasteiger partial charge on any atom is 0.416 e. The number of sulfonamides is 1. The number of aromatic nitrogens is 1. The van der Waals surface area contributed by atoms with Crippen LogP contribution < -0.4 is 4.72 Å². The molecule has 0 aliphatic carbocycles. The van der Waals surface area contributed by atoms with Crippen LogP contribution >= 0.6 is 11.6 Å². The molecule has 1 heterocycles.